The van der Waals surface area contributed by atoms with Crippen LogP contribution in [0.15, 0.2) is 79.0 Å². The van der Waals surface area contributed by atoms with Crippen molar-refractivity contribution in [2.45, 2.75) is 31.8 Å². The molecule has 1 atom stereocenters. The van der Waals surface area contributed by atoms with Crippen molar-refractivity contribution >= 4 is 23.2 Å². The highest BCUT2D eigenvalue weighted by atomic mass is 16.6. The molecule has 0 bridgehead atoms. The first kappa shape index (κ1) is 27.1. The molecule has 0 radical (unpaired) electrons. The van der Waals surface area contributed by atoms with Crippen molar-refractivity contribution < 1.29 is 24.0 Å². The summed E-state index contributed by atoms with van der Waals surface area (Å²) in [6.07, 6.45) is 3.49. The number of nitro groups is 1. The quantitative estimate of drug-likeness (QED) is 0.207. The number of fused-ring (bicyclic) bond motifs is 3. The molecule has 6 rings (SSSR count). The van der Waals surface area contributed by atoms with Crippen LogP contribution >= 0.6 is 0 Å². The number of para-hydroxylation sites is 2. The summed E-state index contributed by atoms with van der Waals surface area (Å²) < 4.78 is 13.3. The molecule has 10 nitrogen and oxygen atoms in total. The fraction of sp³-hybridized carbons (Fsp3) is 0.250. The van der Waals surface area contributed by atoms with Crippen LogP contribution in [-0.2, 0) is 4.79 Å². The zero-order valence-corrected chi connectivity index (χ0v) is 23.5. The molecule has 1 fully saturated rings. The maximum absolute atomic E-state index is 14.5. The van der Waals surface area contributed by atoms with E-state index in [0.717, 1.165) is 29.8 Å². The van der Waals surface area contributed by atoms with E-state index in [9.17, 15) is 19.7 Å². The van der Waals surface area contributed by atoms with Gasteiger partial charge in [0.05, 0.1) is 36.2 Å². The monoisotopic (exact) mass is 566 g/mol. The Hall–Kier alpha value is -5.12. The molecular formula is C32H30N4O6. The lowest BCUT2D eigenvalue weighted by atomic mass is 9.96. The first-order chi connectivity index (χ1) is 20.3. The summed E-state index contributed by atoms with van der Waals surface area (Å²) in [6, 6.07) is 20.8. The number of rotatable bonds is 8. The number of carbonyl (C=O) groups is 2. The topological polar surface area (TPSA) is 107 Å². The Labute approximate surface area is 242 Å². The molecule has 0 spiro atoms. The van der Waals surface area contributed by atoms with Crippen molar-refractivity contribution in [2.24, 2.45) is 0 Å². The second kappa shape index (κ2) is 10.7. The number of amides is 2. The third kappa shape index (κ3) is 4.64. The molecule has 0 saturated heterocycles. The average Bonchev–Trinajstić information content (AvgIpc) is 3.73. The van der Waals surface area contributed by atoms with Crippen molar-refractivity contribution in [2.75, 3.05) is 25.7 Å². The van der Waals surface area contributed by atoms with Crippen LogP contribution in [0.1, 0.15) is 46.1 Å². The number of hydrogen-bond donors (Lipinski definition) is 0. The first-order valence-electron chi connectivity index (χ1n) is 13.7. The van der Waals surface area contributed by atoms with Gasteiger partial charge in [-0.1, -0.05) is 18.2 Å². The number of anilines is 1. The summed E-state index contributed by atoms with van der Waals surface area (Å²) in [5.74, 6) is 0.517. The van der Waals surface area contributed by atoms with Gasteiger partial charge in [0.1, 0.15) is 24.1 Å². The fourth-order valence-corrected chi connectivity index (χ4v) is 5.69. The fourth-order valence-electron chi connectivity index (χ4n) is 5.69. The summed E-state index contributed by atoms with van der Waals surface area (Å²) in [5, 5.41) is 11.6. The molecule has 214 valence electrons. The Morgan fingerprint density at radius 3 is 2.43 bits per heavy atom. The van der Waals surface area contributed by atoms with E-state index in [1.165, 1.54) is 6.07 Å². The zero-order chi connectivity index (χ0) is 29.5. The van der Waals surface area contributed by atoms with Gasteiger partial charge in [-0.25, -0.2) is 0 Å². The van der Waals surface area contributed by atoms with E-state index < -0.39 is 16.9 Å². The molecule has 2 heterocycles. The summed E-state index contributed by atoms with van der Waals surface area (Å²) in [4.78, 5) is 42.6. The summed E-state index contributed by atoms with van der Waals surface area (Å²) in [6.45, 7) is 1.44. The Bertz CT molecular complexity index is 1710. The second-order valence-electron chi connectivity index (χ2n) is 10.5. The highest BCUT2D eigenvalue weighted by Crippen LogP contribution is 2.45. The molecule has 10 heteroatoms. The van der Waals surface area contributed by atoms with Crippen LogP contribution in [0.3, 0.4) is 0 Å². The van der Waals surface area contributed by atoms with Gasteiger partial charge in [-0.2, -0.15) is 0 Å². The van der Waals surface area contributed by atoms with Gasteiger partial charge in [0.2, 0.25) is 5.91 Å². The summed E-state index contributed by atoms with van der Waals surface area (Å²) in [7, 11) is 3.17. The van der Waals surface area contributed by atoms with Crippen LogP contribution < -0.4 is 14.4 Å². The average molecular weight is 567 g/mol. The van der Waals surface area contributed by atoms with Gasteiger partial charge in [-0.15, -0.1) is 0 Å². The maximum atomic E-state index is 14.5. The number of carbonyl (C=O) groups excluding carboxylic acids is 2. The Balaban J connectivity index is 1.43. The Morgan fingerprint density at radius 2 is 1.74 bits per heavy atom. The van der Waals surface area contributed by atoms with Crippen molar-refractivity contribution in [1.82, 2.24) is 9.47 Å². The molecule has 3 aromatic carbocycles. The van der Waals surface area contributed by atoms with E-state index >= 15 is 0 Å². The summed E-state index contributed by atoms with van der Waals surface area (Å²) >= 11 is 0. The SMILES string of the molecule is COc1ccc(OC)c(C2c3cccn3-c3ccccc3N2C(=O)CN(C(=O)c2ccc(C)c([N+](=O)[O-])c2)C2CC2)c1. The van der Waals surface area contributed by atoms with E-state index in [4.69, 9.17) is 9.47 Å². The number of aryl methyl sites for hydroxylation is 1. The van der Waals surface area contributed by atoms with E-state index in [1.54, 1.807) is 49.1 Å². The van der Waals surface area contributed by atoms with Crippen LogP contribution in [0.25, 0.3) is 5.69 Å². The van der Waals surface area contributed by atoms with E-state index in [2.05, 4.69) is 4.57 Å². The van der Waals surface area contributed by atoms with Gasteiger partial charge in [0.25, 0.3) is 11.6 Å². The van der Waals surface area contributed by atoms with E-state index in [-0.39, 0.29) is 29.7 Å². The molecule has 1 aliphatic heterocycles. The number of benzene rings is 3. The minimum absolute atomic E-state index is 0.115. The van der Waals surface area contributed by atoms with Gasteiger partial charge < -0.3 is 18.9 Å². The minimum Gasteiger partial charge on any atom is -0.497 e. The third-order valence-corrected chi connectivity index (χ3v) is 7.93. The Kier molecular flexibility index (Phi) is 6.89. The number of methoxy groups -OCH3 is 2. The molecule has 2 amide bonds. The molecule has 42 heavy (non-hydrogen) atoms. The zero-order valence-electron chi connectivity index (χ0n) is 23.5. The molecule has 1 saturated carbocycles. The van der Waals surface area contributed by atoms with Crippen LogP contribution in [0.5, 0.6) is 11.5 Å². The molecule has 0 N–H and O–H groups in total. The van der Waals surface area contributed by atoms with Crippen LogP contribution in [-0.4, -0.2) is 53.0 Å². The van der Waals surface area contributed by atoms with E-state index in [1.807, 2.05) is 54.7 Å². The Morgan fingerprint density at radius 1 is 0.976 bits per heavy atom. The van der Waals surface area contributed by atoms with Crippen molar-refractivity contribution in [3.63, 3.8) is 0 Å². The maximum Gasteiger partial charge on any atom is 0.273 e. The standard InChI is InChI=1S/C32H30N4O6/c1-20-10-11-21(17-28(20)36(39)40)32(38)34(22-12-13-22)19-30(37)35-26-8-5-4-7-25(26)33-16-6-9-27(33)31(35)24-18-23(41-2)14-15-29(24)42-3/h4-11,14-18,22,31H,12-13,19H2,1-3H3. The highest BCUT2D eigenvalue weighted by molar-refractivity contribution is 6.03. The predicted molar refractivity (Wildman–Crippen MR) is 157 cm³/mol. The molecule has 1 aliphatic carbocycles. The van der Waals surface area contributed by atoms with Crippen LogP contribution in [0.2, 0.25) is 0 Å². The smallest absolute Gasteiger partial charge is 0.273 e. The molecular weight excluding hydrogens is 536 g/mol. The summed E-state index contributed by atoms with van der Waals surface area (Å²) in [5.41, 5.74) is 3.64. The van der Waals surface area contributed by atoms with Crippen molar-refractivity contribution in [3.05, 3.63) is 111 Å². The lowest BCUT2D eigenvalue weighted by Gasteiger charge is -2.40. The molecule has 4 aromatic rings. The highest BCUT2D eigenvalue weighted by Gasteiger charge is 2.41. The number of ether oxygens (including phenoxy) is 2. The number of hydrogen-bond acceptors (Lipinski definition) is 6. The van der Waals surface area contributed by atoms with Gasteiger partial charge in [-0.05, 0) is 68.3 Å². The number of nitrogens with zero attached hydrogens (tertiary/aromatic N) is 4. The van der Waals surface area contributed by atoms with Crippen LogP contribution in [0.4, 0.5) is 11.4 Å². The first-order valence-corrected chi connectivity index (χ1v) is 13.7. The van der Waals surface area contributed by atoms with Crippen LogP contribution in [0, 0.1) is 17.0 Å². The number of aromatic nitrogens is 1. The lowest BCUT2D eigenvalue weighted by molar-refractivity contribution is -0.385. The minimum atomic E-state index is -0.580. The van der Waals surface area contributed by atoms with Crippen molar-refractivity contribution in [1.29, 1.82) is 0 Å². The molecule has 1 unspecified atom stereocenters. The number of nitro benzene ring substituents is 1. The van der Waals surface area contributed by atoms with Gasteiger partial charge in [0, 0.05) is 35.0 Å². The van der Waals surface area contributed by atoms with Crippen molar-refractivity contribution in [3.8, 4) is 17.2 Å². The van der Waals surface area contributed by atoms with E-state index in [0.29, 0.717) is 22.7 Å². The molecule has 1 aromatic heterocycles. The van der Waals surface area contributed by atoms with Gasteiger partial charge >= 0.3 is 0 Å². The largest absolute Gasteiger partial charge is 0.497 e. The van der Waals surface area contributed by atoms with Gasteiger partial charge in [-0.3, -0.25) is 24.6 Å². The van der Waals surface area contributed by atoms with Gasteiger partial charge in [0.15, 0.2) is 0 Å². The normalized spacial score (nSPS) is 15.4. The predicted octanol–water partition coefficient (Wildman–Crippen LogP) is 5.45. The second-order valence-corrected chi connectivity index (χ2v) is 10.5. The lowest BCUT2D eigenvalue weighted by Crippen LogP contribution is -2.47. The third-order valence-electron chi connectivity index (χ3n) is 7.93. The molecule has 2 aliphatic rings.